The number of benzene rings is 2. The Morgan fingerprint density at radius 2 is 1.31 bits per heavy atom. The molecule has 0 saturated carbocycles. The molecular weight excluding hydrogens is 458 g/mol. The van der Waals surface area contributed by atoms with Crippen molar-refractivity contribution in [3.63, 3.8) is 0 Å². The quantitative estimate of drug-likeness (QED) is 0.318. The fourth-order valence-electron chi connectivity index (χ4n) is 2.57. The lowest BCUT2D eigenvalue weighted by Gasteiger charge is -2.16. The van der Waals surface area contributed by atoms with Crippen LogP contribution in [0.25, 0.3) is 0 Å². The second-order valence-electron chi connectivity index (χ2n) is 7.01. The summed E-state index contributed by atoms with van der Waals surface area (Å²) in [5.41, 5.74) is 1.90. The van der Waals surface area contributed by atoms with Crippen LogP contribution >= 0.6 is 12.2 Å². The Balaban J connectivity index is 2.12. The summed E-state index contributed by atoms with van der Waals surface area (Å²) >= 11 is 5.20. The number of ether oxygens (including phenoxy) is 2. The average Bonchev–Trinajstić information content (AvgIpc) is 2.69. The number of thiocarbonyl (C=S) groups is 1. The molecule has 0 amide bonds. The van der Waals surface area contributed by atoms with Crippen molar-refractivity contribution in [3.8, 4) is 11.5 Å². The molecule has 11 heteroatoms. The first-order chi connectivity index (χ1) is 14.8. The second-order valence-corrected chi connectivity index (χ2v) is 7.42. The van der Waals surface area contributed by atoms with E-state index in [0.717, 1.165) is 18.1 Å². The summed E-state index contributed by atoms with van der Waals surface area (Å²) in [4.78, 5) is 0. The third kappa shape index (κ3) is 9.21. The van der Waals surface area contributed by atoms with Crippen molar-refractivity contribution in [2.24, 2.45) is 0 Å². The zero-order valence-electron chi connectivity index (χ0n) is 17.2. The van der Waals surface area contributed by atoms with Crippen molar-refractivity contribution in [2.45, 2.75) is 38.5 Å². The van der Waals surface area contributed by atoms with E-state index in [1.54, 1.807) is 0 Å². The fourth-order valence-corrected chi connectivity index (χ4v) is 2.80. The fraction of sp³-hybridized carbons (Fsp3) is 0.381. The minimum Gasteiger partial charge on any atom is -0.484 e. The van der Waals surface area contributed by atoms with Crippen LogP contribution in [0.15, 0.2) is 42.5 Å². The van der Waals surface area contributed by atoms with Crippen molar-refractivity contribution in [2.75, 3.05) is 23.8 Å². The van der Waals surface area contributed by atoms with Gasteiger partial charge in [0, 0.05) is 29.6 Å². The SMILES string of the molecule is CCC(C)c1ccc(NC(=S)Nc2cc(OCC(F)(F)F)cc(OCC(F)(F)F)c2)cc1. The van der Waals surface area contributed by atoms with Gasteiger partial charge < -0.3 is 20.1 Å². The van der Waals surface area contributed by atoms with Gasteiger partial charge in [0.15, 0.2) is 18.3 Å². The molecule has 0 bridgehead atoms. The lowest BCUT2D eigenvalue weighted by atomic mass is 9.99. The minimum atomic E-state index is -4.62. The molecule has 1 atom stereocenters. The third-order valence-electron chi connectivity index (χ3n) is 4.29. The average molecular weight is 480 g/mol. The second kappa shape index (κ2) is 10.8. The van der Waals surface area contributed by atoms with E-state index in [4.69, 9.17) is 12.2 Å². The number of rotatable bonds is 8. The van der Waals surface area contributed by atoms with Gasteiger partial charge in [-0.1, -0.05) is 26.0 Å². The number of hydrogen-bond donors (Lipinski definition) is 2. The largest absolute Gasteiger partial charge is 0.484 e. The summed E-state index contributed by atoms with van der Waals surface area (Å²) in [6, 6.07) is 10.8. The van der Waals surface area contributed by atoms with Crippen LogP contribution in [-0.4, -0.2) is 30.7 Å². The zero-order valence-corrected chi connectivity index (χ0v) is 18.0. The van der Waals surface area contributed by atoms with Gasteiger partial charge in [0.2, 0.25) is 0 Å². The number of hydrogen-bond acceptors (Lipinski definition) is 3. The minimum absolute atomic E-state index is 0.0797. The van der Waals surface area contributed by atoms with Crippen molar-refractivity contribution in [1.82, 2.24) is 0 Å². The lowest BCUT2D eigenvalue weighted by Crippen LogP contribution is -2.21. The van der Waals surface area contributed by atoms with Crippen LogP contribution in [0.5, 0.6) is 11.5 Å². The molecule has 0 radical (unpaired) electrons. The Hall–Kier alpha value is -2.69. The van der Waals surface area contributed by atoms with Crippen LogP contribution in [0.3, 0.4) is 0 Å². The van der Waals surface area contributed by atoms with Crippen LogP contribution in [0.4, 0.5) is 37.7 Å². The maximum atomic E-state index is 12.4. The van der Waals surface area contributed by atoms with E-state index >= 15 is 0 Å². The monoisotopic (exact) mass is 480 g/mol. The molecule has 0 fully saturated rings. The molecule has 0 aliphatic carbocycles. The summed E-state index contributed by atoms with van der Waals surface area (Å²) in [6.45, 7) is 0.955. The van der Waals surface area contributed by atoms with E-state index in [0.29, 0.717) is 11.6 Å². The van der Waals surface area contributed by atoms with Gasteiger partial charge in [0.05, 0.1) is 0 Å². The normalized spacial score (nSPS) is 12.8. The highest BCUT2D eigenvalue weighted by Gasteiger charge is 2.30. The maximum absolute atomic E-state index is 12.4. The summed E-state index contributed by atoms with van der Waals surface area (Å²) in [7, 11) is 0. The van der Waals surface area contributed by atoms with E-state index in [1.807, 2.05) is 24.3 Å². The maximum Gasteiger partial charge on any atom is 0.422 e. The van der Waals surface area contributed by atoms with Gasteiger partial charge in [-0.05, 0) is 42.3 Å². The molecule has 4 nitrogen and oxygen atoms in total. The van der Waals surface area contributed by atoms with E-state index in [-0.39, 0.29) is 22.3 Å². The van der Waals surface area contributed by atoms with Crippen LogP contribution in [-0.2, 0) is 0 Å². The van der Waals surface area contributed by atoms with Crippen molar-refractivity contribution in [3.05, 3.63) is 48.0 Å². The third-order valence-corrected chi connectivity index (χ3v) is 4.50. The van der Waals surface area contributed by atoms with Gasteiger partial charge >= 0.3 is 12.4 Å². The highest BCUT2D eigenvalue weighted by atomic mass is 32.1. The van der Waals surface area contributed by atoms with Crippen LogP contribution < -0.4 is 20.1 Å². The molecule has 0 saturated heterocycles. The van der Waals surface area contributed by atoms with Gasteiger partial charge in [-0.15, -0.1) is 0 Å². The predicted octanol–water partition coefficient (Wildman–Crippen LogP) is 6.89. The molecule has 0 aliphatic rings. The zero-order chi connectivity index (χ0) is 23.9. The Labute approximate surface area is 186 Å². The van der Waals surface area contributed by atoms with E-state index in [2.05, 4.69) is 34.0 Å². The summed E-state index contributed by atoms with van der Waals surface area (Å²) in [6.07, 6.45) is -8.25. The van der Waals surface area contributed by atoms with Crippen LogP contribution in [0.1, 0.15) is 31.7 Å². The molecule has 2 aromatic carbocycles. The lowest BCUT2D eigenvalue weighted by molar-refractivity contribution is -0.153. The molecule has 1 unspecified atom stereocenters. The molecular formula is C21H22F6N2O2S. The number of halogens is 6. The van der Waals surface area contributed by atoms with Gasteiger partial charge in [-0.2, -0.15) is 26.3 Å². The van der Waals surface area contributed by atoms with Crippen molar-refractivity contribution in [1.29, 1.82) is 0 Å². The molecule has 0 spiro atoms. The highest BCUT2D eigenvalue weighted by molar-refractivity contribution is 7.80. The smallest absolute Gasteiger partial charge is 0.422 e. The van der Waals surface area contributed by atoms with E-state index in [9.17, 15) is 26.3 Å². The van der Waals surface area contributed by atoms with Crippen molar-refractivity contribution >= 4 is 28.7 Å². The van der Waals surface area contributed by atoms with Crippen LogP contribution in [0.2, 0.25) is 0 Å². The first kappa shape index (κ1) is 25.6. The number of alkyl halides is 6. The topological polar surface area (TPSA) is 42.5 Å². The first-order valence-corrected chi connectivity index (χ1v) is 9.97. The standard InChI is InChI=1S/C21H22F6N2O2S/c1-3-13(2)14-4-6-15(7-5-14)28-19(32)29-16-8-17(30-11-20(22,23)24)10-18(9-16)31-12-21(25,26)27/h4-10,13H,3,11-12H2,1-2H3,(H2,28,29,32). The van der Waals surface area contributed by atoms with E-state index in [1.165, 1.54) is 12.1 Å². The van der Waals surface area contributed by atoms with Gasteiger partial charge in [-0.3, -0.25) is 0 Å². The molecule has 2 rings (SSSR count). The van der Waals surface area contributed by atoms with Gasteiger partial charge in [-0.25, -0.2) is 0 Å². The highest BCUT2D eigenvalue weighted by Crippen LogP contribution is 2.29. The Bertz CT molecular complexity index is 864. The molecule has 0 heterocycles. The van der Waals surface area contributed by atoms with Crippen molar-refractivity contribution < 1.29 is 35.8 Å². The first-order valence-electron chi connectivity index (χ1n) is 9.57. The summed E-state index contributed by atoms with van der Waals surface area (Å²) in [5, 5.41) is 5.70. The van der Waals surface area contributed by atoms with Gasteiger partial charge in [0.1, 0.15) is 11.5 Å². The molecule has 2 aromatic rings. The van der Waals surface area contributed by atoms with E-state index < -0.39 is 25.6 Å². The van der Waals surface area contributed by atoms with Gasteiger partial charge in [0.25, 0.3) is 0 Å². The molecule has 0 aliphatic heterocycles. The molecule has 0 aromatic heterocycles. The summed E-state index contributed by atoms with van der Waals surface area (Å²) < 4.78 is 84.0. The Kier molecular flexibility index (Phi) is 8.59. The Morgan fingerprint density at radius 3 is 1.75 bits per heavy atom. The molecule has 176 valence electrons. The van der Waals surface area contributed by atoms with Crippen LogP contribution in [0, 0.1) is 0 Å². The Morgan fingerprint density at radius 1 is 0.844 bits per heavy atom. The number of anilines is 2. The molecule has 32 heavy (non-hydrogen) atoms. The number of nitrogens with one attached hydrogen (secondary N) is 2. The molecule has 2 N–H and O–H groups in total. The predicted molar refractivity (Wildman–Crippen MR) is 115 cm³/mol. The summed E-state index contributed by atoms with van der Waals surface area (Å²) in [5.74, 6) is -0.265.